The molecule has 2 aliphatic carbocycles. The summed E-state index contributed by atoms with van der Waals surface area (Å²) < 4.78 is 7.18. The van der Waals surface area contributed by atoms with Crippen LogP contribution in [-0.2, 0) is 21.0 Å². The smallest absolute Gasteiger partial charge is 0.217 e. The predicted octanol–water partition coefficient (Wildman–Crippen LogP) is 11.0. The topological polar surface area (TPSA) is 21.6 Å². The van der Waals surface area contributed by atoms with Crippen LogP contribution in [0.3, 0.4) is 0 Å². The van der Waals surface area contributed by atoms with Crippen molar-refractivity contribution in [1.82, 2.24) is 0 Å². The van der Waals surface area contributed by atoms with E-state index in [0.717, 1.165) is 24.3 Å². The minimum atomic E-state index is -0.831. The quantitative estimate of drug-likeness (QED) is 0.158. The predicted molar refractivity (Wildman–Crippen MR) is 223 cm³/mol. The van der Waals surface area contributed by atoms with Crippen molar-refractivity contribution in [2.75, 3.05) is 0 Å². The normalized spacial score (nSPS) is 22.1. The van der Waals surface area contributed by atoms with Crippen LogP contribution in [0.2, 0.25) is 0 Å². The summed E-state index contributed by atoms with van der Waals surface area (Å²) in [5.41, 5.74) is 11.7. The molecule has 0 aromatic heterocycles. The third kappa shape index (κ3) is 5.61. The van der Waals surface area contributed by atoms with Crippen molar-refractivity contribution in [2.24, 2.45) is 4.99 Å². The maximum atomic E-state index is 7.18. The van der Waals surface area contributed by atoms with Gasteiger partial charge in [-0.15, -0.1) is 0 Å². The summed E-state index contributed by atoms with van der Waals surface area (Å²) in [4.78, 5) is 5.56. The van der Waals surface area contributed by atoms with E-state index in [-0.39, 0.29) is 28.4 Å². The van der Waals surface area contributed by atoms with E-state index in [1.165, 1.54) is 54.9 Å². The summed E-state index contributed by atoms with van der Waals surface area (Å²) in [6.45, 7) is 14.4. The standard InChI is InChI=1S/C50H48NOP/c1-33-27-39(47-51-45(35-19-11-7-12-20-35)46(52-47)36-21-13-8-14-22-36)43-40(28-33)48(3,4)31-50(43)32-49(5,6)41-29-34(2)30-42(44(41)50)53(37-23-15-9-16-24-37)38-25-17-10-18-26-38/h7-30,45-46H,31-32H2,1-6H3/t45-,46-,50-/m0/s1. The maximum Gasteiger partial charge on any atom is 0.217 e. The van der Waals surface area contributed by atoms with Crippen LogP contribution in [0.15, 0.2) is 151 Å². The van der Waals surface area contributed by atoms with Gasteiger partial charge in [-0.1, -0.05) is 178 Å². The van der Waals surface area contributed by atoms with Crippen LogP contribution in [0.4, 0.5) is 0 Å². The van der Waals surface area contributed by atoms with Crippen molar-refractivity contribution in [3.63, 3.8) is 0 Å². The molecule has 1 heterocycles. The first-order chi connectivity index (χ1) is 25.6. The molecule has 0 bridgehead atoms. The zero-order valence-corrected chi connectivity index (χ0v) is 32.6. The number of aliphatic imine (C=N–C) groups is 1. The Kier molecular flexibility index (Phi) is 8.13. The van der Waals surface area contributed by atoms with Crippen LogP contribution in [-0.4, -0.2) is 5.90 Å². The van der Waals surface area contributed by atoms with Crippen molar-refractivity contribution in [3.8, 4) is 0 Å². The lowest BCUT2D eigenvalue weighted by Gasteiger charge is -2.35. The lowest BCUT2D eigenvalue weighted by atomic mass is 9.71. The highest BCUT2D eigenvalue weighted by atomic mass is 31.1. The molecular weight excluding hydrogens is 662 g/mol. The van der Waals surface area contributed by atoms with Gasteiger partial charge in [0.1, 0.15) is 6.04 Å². The molecule has 3 atom stereocenters. The summed E-state index contributed by atoms with van der Waals surface area (Å²) in [6, 6.07) is 53.6. The highest BCUT2D eigenvalue weighted by Crippen LogP contribution is 2.65. The average molecular weight is 710 g/mol. The summed E-state index contributed by atoms with van der Waals surface area (Å²) in [7, 11) is -0.831. The molecule has 6 aromatic carbocycles. The Morgan fingerprint density at radius 1 is 0.566 bits per heavy atom. The molecule has 0 saturated carbocycles. The highest BCUT2D eigenvalue weighted by molar-refractivity contribution is 7.80. The summed E-state index contributed by atoms with van der Waals surface area (Å²) in [6.07, 6.45) is 1.88. The molecule has 0 fully saturated rings. The van der Waals surface area contributed by atoms with Gasteiger partial charge in [-0.25, -0.2) is 4.99 Å². The number of hydrogen-bond acceptors (Lipinski definition) is 2. The summed E-state index contributed by atoms with van der Waals surface area (Å²) in [5.74, 6) is 0.776. The highest BCUT2D eigenvalue weighted by Gasteiger charge is 2.59. The van der Waals surface area contributed by atoms with E-state index in [0.29, 0.717) is 0 Å². The van der Waals surface area contributed by atoms with E-state index in [2.05, 4.69) is 187 Å². The first-order valence-corrected chi connectivity index (χ1v) is 20.5. The molecule has 1 spiro atoms. The van der Waals surface area contributed by atoms with Gasteiger partial charge in [-0.3, -0.25) is 0 Å². The molecule has 0 N–H and O–H groups in total. The Bertz CT molecular complexity index is 2300. The van der Waals surface area contributed by atoms with Crippen molar-refractivity contribution in [3.05, 3.63) is 196 Å². The first-order valence-electron chi connectivity index (χ1n) is 19.1. The van der Waals surface area contributed by atoms with Crippen LogP contribution in [0, 0.1) is 13.8 Å². The number of fused-ring (bicyclic) bond motifs is 4. The van der Waals surface area contributed by atoms with Crippen LogP contribution >= 0.6 is 7.92 Å². The average Bonchev–Trinajstić information content (AvgIpc) is 3.77. The second-order valence-electron chi connectivity index (χ2n) is 16.9. The third-order valence-corrected chi connectivity index (χ3v) is 14.5. The van der Waals surface area contributed by atoms with Crippen molar-refractivity contribution in [1.29, 1.82) is 0 Å². The Labute approximate surface area is 316 Å². The fraction of sp³-hybridized carbons (Fsp3) is 0.260. The fourth-order valence-electron chi connectivity index (χ4n) is 10.1. The molecule has 2 nitrogen and oxygen atoms in total. The van der Waals surface area contributed by atoms with E-state index >= 15 is 0 Å². The van der Waals surface area contributed by atoms with Crippen LogP contribution in [0.1, 0.15) is 103 Å². The van der Waals surface area contributed by atoms with Gasteiger partial charge in [0.05, 0.1) is 0 Å². The Balaban J connectivity index is 1.32. The number of aryl methyl sites for hydroxylation is 2. The lowest BCUT2D eigenvalue weighted by Crippen LogP contribution is -2.34. The minimum Gasteiger partial charge on any atom is -0.467 e. The maximum absolute atomic E-state index is 7.18. The van der Waals surface area contributed by atoms with Crippen LogP contribution in [0.25, 0.3) is 0 Å². The fourth-order valence-corrected chi connectivity index (χ4v) is 12.8. The van der Waals surface area contributed by atoms with Gasteiger partial charge >= 0.3 is 0 Å². The molecule has 53 heavy (non-hydrogen) atoms. The van der Waals surface area contributed by atoms with Gasteiger partial charge in [-0.05, 0) is 101 Å². The van der Waals surface area contributed by atoms with Crippen molar-refractivity contribution in [2.45, 2.75) is 82.8 Å². The molecule has 264 valence electrons. The van der Waals surface area contributed by atoms with E-state index in [1.807, 2.05) is 0 Å². The molecule has 0 unspecified atom stereocenters. The number of ether oxygens (including phenoxy) is 1. The molecule has 6 aromatic rings. The lowest BCUT2D eigenvalue weighted by molar-refractivity contribution is 0.197. The van der Waals surface area contributed by atoms with Gasteiger partial charge in [0.25, 0.3) is 0 Å². The third-order valence-electron chi connectivity index (χ3n) is 12.0. The molecule has 3 heteroatoms. The number of hydrogen-bond donors (Lipinski definition) is 0. The molecule has 9 rings (SSSR count). The van der Waals surface area contributed by atoms with Crippen LogP contribution in [0.5, 0.6) is 0 Å². The second kappa shape index (κ2) is 12.7. The molecular formula is C50H48NOP. The van der Waals surface area contributed by atoms with E-state index in [1.54, 1.807) is 5.56 Å². The molecule has 3 aliphatic rings. The van der Waals surface area contributed by atoms with Crippen molar-refractivity contribution < 1.29 is 4.74 Å². The van der Waals surface area contributed by atoms with Gasteiger partial charge in [-0.2, -0.15) is 0 Å². The molecule has 0 radical (unpaired) electrons. The minimum absolute atomic E-state index is 0.0260. The van der Waals surface area contributed by atoms with E-state index in [4.69, 9.17) is 9.73 Å². The second-order valence-corrected chi connectivity index (χ2v) is 19.1. The Hall–Kier alpha value is -4.78. The van der Waals surface area contributed by atoms with E-state index < -0.39 is 7.92 Å². The Morgan fingerprint density at radius 3 is 1.58 bits per heavy atom. The van der Waals surface area contributed by atoms with E-state index in [9.17, 15) is 0 Å². The summed E-state index contributed by atoms with van der Waals surface area (Å²) in [5, 5.41) is 4.28. The number of rotatable bonds is 6. The zero-order valence-electron chi connectivity index (χ0n) is 31.7. The van der Waals surface area contributed by atoms with Crippen LogP contribution < -0.4 is 15.9 Å². The summed E-state index contributed by atoms with van der Waals surface area (Å²) >= 11 is 0. The number of benzene rings is 6. The van der Waals surface area contributed by atoms with Gasteiger partial charge in [0, 0.05) is 11.0 Å². The molecule has 1 aliphatic heterocycles. The monoisotopic (exact) mass is 709 g/mol. The first kappa shape index (κ1) is 34.0. The van der Waals surface area contributed by atoms with Gasteiger partial charge in [0.2, 0.25) is 5.90 Å². The number of nitrogens with zero attached hydrogens (tertiary/aromatic N) is 1. The Morgan fingerprint density at radius 2 is 1.04 bits per heavy atom. The largest absolute Gasteiger partial charge is 0.467 e. The van der Waals surface area contributed by atoms with Gasteiger partial charge < -0.3 is 4.74 Å². The van der Waals surface area contributed by atoms with Crippen molar-refractivity contribution >= 4 is 29.7 Å². The molecule has 0 saturated heterocycles. The zero-order chi connectivity index (χ0) is 36.5. The van der Waals surface area contributed by atoms with Gasteiger partial charge in [0.15, 0.2) is 6.10 Å². The molecule has 0 amide bonds. The SMILES string of the molecule is Cc1cc(C2=N[C@@H](c3ccccc3)[C@H](c3ccccc3)O2)c2c(c1)C(C)(C)C[C@]21CC(C)(C)c2cc(C)cc(P(c3ccccc3)c3ccccc3)c21.